The first-order chi connectivity index (χ1) is 9.01. The Morgan fingerprint density at radius 1 is 0.947 bits per heavy atom. The molecule has 0 fully saturated rings. The van der Waals surface area contributed by atoms with E-state index >= 15 is 0 Å². The highest BCUT2D eigenvalue weighted by atomic mass is 35.5. The van der Waals surface area contributed by atoms with E-state index in [4.69, 9.17) is 56.9 Å². The van der Waals surface area contributed by atoms with E-state index in [1.165, 1.54) is 18.3 Å². The monoisotopic (exact) mass is 336 g/mol. The second kappa shape index (κ2) is 6.16. The Morgan fingerprint density at radius 3 is 2.32 bits per heavy atom. The standard InChI is InChI=1S/C12H8Cl4N2O/c13-7-2-9(15)11(3-8(7)14)19-12-1-6(4-17)10(16)5-18-12/h1-3,5H,4,17H2. The molecule has 19 heavy (non-hydrogen) atoms. The van der Waals surface area contributed by atoms with Gasteiger partial charge in [0.1, 0.15) is 5.75 Å². The molecule has 0 saturated carbocycles. The van der Waals surface area contributed by atoms with Gasteiger partial charge in [-0.15, -0.1) is 0 Å². The summed E-state index contributed by atoms with van der Waals surface area (Å²) in [6.45, 7) is 0.285. The molecule has 0 spiro atoms. The SMILES string of the molecule is NCc1cc(Oc2cc(Cl)c(Cl)cc2Cl)ncc1Cl. The molecule has 0 unspecified atom stereocenters. The van der Waals surface area contributed by atoms with Gasteiger partial charge < -0.3 is 10.5 Å². The minimum absolute atomic E-state index is 0.285. The summed E-state index contributed by atoms with van der Waals surface area (Å²) in [5, 5.41) is 1.51. The molecule has 1 heterocycles. The lowest BCUT2D eigenvalue weighted by atomic mass is 10.2. The van der Waals surface area contributed by atoms with E-state index in [1.54, 1.807) is 6.07 Å². The first-order valence-corrected chi connectivity index (χ1v) is 6.69. The highest BCUT2D eigenvalue weighted by Crippen LogP contribution is 2.36. The van der Waals surface area contributed by atoms with E-state index < -0.39 is 0 Å². The molecule has 3 nitrogen and oxygen atoms in total. The van der Waals surface area contributed by atoms with E-state index in [2.05, 4.69) is 4.98 Å². The van der Waals surface area contributed by atoms with Crippen molar-refractivity contribution in [2.75, 3.05) is 0 Å². The van der Waals surface area contributed by atoms with Gasteiger partial charge in [-0.1, -0.05) is 46.4 Å². The number of hydrogen-bond acceptors (Lipinski definition) is 3. The van der Waals surface area contributed by atoms with Crippen LogP contribution in [0.1, 0.15) is 5.56 Å². The summed E-state index contributed by atoms with van der Waals surface area (Å²) >= 11 is 23.7. The van der Waals surface area contributed by atoms with Gasteiger partial charge in [0.25, 0.3) is 0 Å². The van der Waals surface area contributed by atoms with Crippen LogP contribution < -0.4 is 10.5 Å². The number of ether oxygens (including phenoxy) is 1. The molecule has 0 aliphatic heterocycles. The second-order valence-corrected chi connectivity index (χ2v) is 5.25. The fourth-order valence-corrected chi connectivity index (χ4v) is 2.12. The topological polar surface area (TPSA) is 48.1 Å². The zero-order chi connectivity index (χ0) is 14.0. The molecule has 0 bridgehead atoms. The Labute approximate surface area is 130 Å². The van der Waals surface area contributed by atoms with Crippen LogP contribution >= 0.6 is 46.4 Å². The van der Waals surface area contributed by atoms with Crippen LogP contribution in [0.15, 0.2) is 24.4 Å². The molecular formula is C12H8Cl4N2O. The Bertz CT molecular complexity index is 619. The van der Waals surface area contributed by atoms with Gasteiger partial charge in [0.05, 0.1) is 20.1 Å². The summed E-state index contributed by atoms with van der Waals surface area (Å²) in [6.07, 6.45) is 1.46. The number of rotatable bonds is 3. The molecule has 2 aromatic rings. The molecule has 0 aliphatic rings. The van der Waals surface area contributed by atoms with Crippen LogP contribution in [-0.2, 0) is 6.54 Å². The van der Waals surface area contributed by atoms with Crippen molar-refractivity contribution in [2.24, 2.45) is 5.73 Å². The molecule has 2 N–H and O–H groups in total. The second-order valence-electron chi connectivity index (χ2n) is 3.62. The van der Waals surface area contributed by atoms with E-state index in [1.807, 2.05) is 0 Å². The van der Waals surface area contributed by atoms with Gasteiger partial charge in [0, 0.05) is 24.9 Å². The molecule has 100 valence electrons. The normalized spacial score (nSPS) is 10.6. The van der Waals surface area contributed by atoms with E-state index in [-0.39, 0.29) is 6.54 Å². The van der Waals surface area contributed by atoms with Crippen LogP contribution in [0.5, 0.6) is 11.6 Å². The number of halogens is 4. The predicted octanol–water partition coefficient (Wildman–Crippen LogP) is 4.95. The van der Waals surface area contributed by atoms with Crippen molar-refractivity contribution >= 4 is 46.4 Å². The van der Waals surface area contributed by atoms with Gasteiger partial charge in [0.15, 0.2) is 0 Å². The van der Waals surface area contributed by atoms with Crippen molar-refractivity contribution in [1.82, 2.24) is 4.98 Å². The van der Waals surface area contributed by atoms with Crippen LogP contribution in [0, 0.1) is 0 Å². The largest absolute Gasteiger partial charge is 0.437 e. The van der Waals surface area contributed by atoms with Crippen molar-refractivity contribution in [1.29, 1.82) is 0 Å². The summed E-state index contributed by atoms with van der Waals surface area (Å²) in [6, 6.07) is 4.66. The zero-order valence-electron chi connectivity index (χ0n) is 9.46. The van der Waals surface area contributed by atoms with Gasteiger partial charge in [-0.05, 0) is 11.6 Å². The smallest absolute Gasteiger partial charge is 0.219 e. The third kappa shape index (κ3) is 3.44. The first kappa shape index (κ1) is 14.7. The van der Waals surface area contributed by atoms with Gasteiger partial charge in [0.2, 0.25) is 5.88 Å². The number of benzene rings is 1. The molecule has 0 saturated heterocycles. The minimum atomic E-state index is 0.285. The predicted molar refractivity (Wildman–Crippen MR) is 78.7 cm³/mol. The number of aromatic nitrogens is 1. The quantitative estimate of drug-likeness (QED) is 0.806. The average Bonchev–Trinajstić information content (AvgIpc) is 2.38. The van der Waals surface area contributed by atoms with E-state index in [9.17, 15) is 0 Å². The van der Waals surface area contributed by atoms with Gasteiger partial charge in [-0.25, -0.2) is 4.98 Å². The van der Waals surface area contributed by atoms with E-state index in [0.717, 1.165) is 5.56 Å². The maximum Gasteiger partial charge on any atom is 0.219 e. The maximum absolute atomic E-state index is 6.01. The van der Waals surface area contributed by atoms with Gasteiger partial charge in [-0.3, -0.25) is 0 Å². The summed E-state index contributed by atoms with van der Waals surface area (Å²) in [4.78, 5) is 4.03. The maximum atomic E-state index is 6.01. The molecular weight excluding hydrogens is 330 g/mol. The van der Waals surface area contributed by atoms with Crippen molar-refractivity contribution in [3.63, 3.8) is 0 Å². The Balaban J connectivity index is 2.33. The van der Waals surface area contributed by atoms with Crippen molar-refractivity contribution < 1.29 is 4.74 Å². The lowest BCUT2D eigenvalue weighted by molar-refractivity contribution is 0.462. The number of nitrogens with zero attached hydrogens (tertiary/aromatic N) is 1. The van der Waals surface area contributed by atoms with Crippen LogP contribution in [-0.4, -0.2) is 4.98 Å². The fourth-order valence-electron chi connectivity index (χ4n) is 1.37. The van der Waals surface area contributed by atoms with Gasteiger partial charge >= 0.3 is 0 Å². The third-order valence-electron chi connectivity index (χ3n) is 2.32. The summed E-state index contributed by atoms with van der Waals surface area (Å²) in [5.41, 5.74) is 6.28. The Hall–Kier alpha value is -0.710. The number of hydrogen-bond donors (Lipinski definition) is 1. The van der Waals surface area contributed by atoms with Crippen LogP contribution in [0.2, 0.25) is 20.1 Å². The Morgan fingerprint density at radius 2 is 1.63 bits per heavy atom. The molecule has 7 heteroatoms. The summed E-state index contributed by atoms with van der Waals surface area (Å²) in [5.74, 6) is 0.680. The molecule has 0 amide bonds. The van der Waals surface area contributed by atoms with Gasteiger partial charge in [-0.2, -0.15) is 0 Å². The third-order valence-corrected chi connectivity index (χ3v) is 3.68. The molecule has 2 rings (SSSR count). The minimum Gasteiger partial charge on any atom is -0.437 e. The van der Waals surface area contributed by atoms with E-state index in [0.29, 0.717) is 31.7 Å². The number of pyridine rings is 1. The Kier molecular flexibility index (Phi) is 4.76. The summed E-state index contributed by atoms with van der Waals surface area (Å²) < 4.78 is 5.54. The zero-order valence-corrected chi connectivity index (χ0v) is 12.5. The highest BCUT2D eigenvalue weighted by molar-refractivity contribution is 6.43. The van der Waals surface area contributed by atoms with Crippen LogP contribution in [0.25, 0.3) is 0 Å². The molecule has 1 aromatic heterocycles. The first-order valence-electron chi connectivity index (χ1n) is 5.18. The molecule has 0 radical (unpaired) electrons. The molecule has 1 aromatic carbocycles. The summed E-state index contributed by atoms with van der Waals surface area (Å²) in [7, 11) is 0. The van der Waals surface area contributed by atoms with Crippen molar-refractivity contribution in [2.45, 2.75) is 6.54 Å². The van der Waals surface area contributed by atoms with Crippen LogP contribution in [0.4, 0.5) is 0 Å². The molecule has 0 atom stereocenters. The lowest BCUT2D eigenvalue weighted by Crippen LogP contribution is -1.99. The van der Waals surface area contributed by atoms with Crippen molar-refractivity contribution in [3.05, 3.63) is 50.0 Å². The average molecular weight is 338 g/mol. The molecule has 0 aliphatic carbocycles. The van der Waals surface area contributed by atoms with Crippen LogP contribution in [0.3, 0.4) is 0 Å². The van der Waals surface area contributed by atoms with Crippen molar-refractivity contribution in [3.8, 4) is 11.6 Å². The number of nitrogens with two attached hydrogens (primary N) is 1. The highest BCUT2D eigenvalue weighted by Gasteiger charge is 2.10. The fraction of sp³-hybridized carbons (Fsp3) is 0.0833. The lowest BCUT2D eigenvalue weighted by Gasteiger charge is -2.09.